The van der Waals surface area contributed by atoms with Gasteiger partial charge in [-0.05, 0) is 24.7 Å². The van der Waals surface area contributed by atoms with Crippen LogP contribution in [-0.4, -0.2) is 23.2 Å². The maximum atomic E-state index is 12.1. The Morgan fingerprint density at radius 1 is 1.53 bits per heavy atom. The van der Waals surface area contributed by atoms with Gasteiger partial charge in [0.15, 0.2) is 5.82 Å². The Morgan fingerprint density at radius 3 is 3.11 bits per heavy atom. The number of allylic oxidation sites excluding steroid dienone is 2. The van der Waals surface area contributed by atoms with Crippen molar-refractivity contribution in [2.75, 3.05) is 7.11 Å². The normalized spacial score (nSPS) is 27.9. The number of aromatic nitrogens is 2. The van der Waals surface area contributed by atoms with Gasteiger partial charge in [0.1, 0.15) is 6.61 Å². The average molecular weight is 263 g/mol. The molecule has 1 heterocycles. The van der Waals surface area contributed by atoms with E-state index in [9.17, 15) is 4.79 Å². The van der Waals surface area contributed by atoms with Gasteiger partial charge in [0, 0.05) is 13.0 Å². The molecule has 1 aromatic heterocycles. The van der Waals surface area contributed by atoms with Gasteiger partial charge in [-0.3, -0.25) is 4.79 Å². The smallest absolute Gasteiger partial charge is 0.246 e. The zero-order chi connectivity index (χ0) is 13.2. The Bertz CT molecular complexity index is 497. The van der Waals surface area contributed by atoms with Crippen LogP contribution < -0.4 is 5.32 Å². The number of hydrogen-bond donors (Lipinski definition) is 1. The second kappa shape index (κ2) is 5.13. The van der Waals surface area contributed by atoms with Crippen LogP contribution in [0.3, 0.4) is 0 Å². The van der Waals surface area contributed by atoms with Gasteiger partial charge < -0.3 is 14.6 Å². The molecule has 1 saturated carbocycles. The van der Waals surface area contributed by atoms with Crippen LogP contribution in [0.15, 0.2) is 16.7 Å². The summed E-state index contributed by atoms with van der Waals surface area (Å²) in [5, 5.41) is 6.62. The fraction of sp³-hybridized carbons (Fsp3) is 0.615. The second-order valence-corrected chi connectivity index (χ2v) is 5.14. The van der Waals surface area contributed by atoms with Crippen LogP contribution in [0.5, 0.6) is 0 Å². The number of fused-ring (bicyclic) bond motifs is 2. The predicted molar refractivity (Wildman–Crippen MR) is 65.7 cm³/mol. The number of nitrogens with zero attached hydrogens (tertiary/aromatic N) is 2. The number of amides is 1. The summed E-state index contributed by atoms with van der Waals surface area (Å²) in [6, 6.07) is 0. The first kappa shape index (κ1) is 12.3. The molecule has 102 valence electrons. The van der Waals surface area contributed by atoms with Crippen LogP contribution >= 0.6 is 0 Å². The predicted octanol–water partition coefficient (Wildman–Crippen LogP) is 1.04. The monoisotopic (exact) mass is 263 g/mol. The summed E-state index contributed by atoms with van der Waals surface area (Å²) in [6.07, 6.45) is 6.48. The van der Waals surface area contributed by atoms with E-state index in [1.807, 2.05) is 0 Å². The summed E-state index contributed by atoms with van der Waals surface area (Å²) in [5.74, 6) is 2.11. The van der Waals surface area contributed by atoms with Gasteiger partial charge in [-0.25, -0.2) is 0 Å². The van der Waals surface area contributed by atoms with E-state index >= 15 is 0 Å². The maximum absolute atomic E-state index is 12.1. The number of rotatable bonds is 5. The minimum Gasteiger partial charge on any atom is -0.377 e. The van der Waals surface area contributed by atoms with Crippen LogP contribution in [0.2, 0.25) is 0 Å². The van der Waals surface area contributed by atoms with Gasteiger partial charge in [-0.1, -0.05) is 17.3 Å². The van der Waals surface area contributed by atoms with Gasteiger partial charge in [0.25, 0.3) is 0 Å². The van der Waals surface area contributed by atoms with E-state index < -0.39 is 0 Å². The molecule has 1 aromatic rings. The highest BCUT2D eigenvalue weighted by molar-refractivity contribution is 5.79. The topological polar surface area (TPSA) is 77.3 Å². The van der Waals surface area contributed by atoms with Crippen LogP contribution in [0.25, 0.3) is 0 Å². The van der Waals surface area contributed by atoms with Crippen molar-refractivity contribution in [3.05, 3.63) is 23.9 Å². The van der Waals surface area contributed by atoms with Crippen molar-refractivity contribution in [1.82, 2.24) is 15.5 Å². The van der Waals surface area contributed by atoms with Crippen LogP contribution in [0.4, 0.5) is 0 Å². The summed E-state index contributed by atoms with van der Waals surface area (Å²) < 4.78 is 9.92. The number of ether oxygens (including phenoxy) is 1. The van der Waals surface area contributed by atoms with Gasteiger partial charge in [-0.2, -0.15) is 4.98 Å². The number of methoxy groups -OCH3 is 1. The fourth-order valence-corrected chi connectivity index (χ4v) is 2.93. The highest BCUT2D eigenvalue weighted by Crippen LogP contribution is 2.43. The summed E-state index contributed by atoms with van der Waals surface area (Å²) in [7, 11) is 1.57. The molecule has 3 atom stereocenters. The Labute approximate surface area is 111 Å². The van der Waals surface area contributed by atoms with Crippen LogP contribution in [0.1, 0.15) is 24.6 Å². The van der Waals surface area contributed by atoms with Gasteiger partial charge in [-0.15, -0.1) is 0 Å². The molecule has 0 radical (unpaired) electrons. The molecular formula is C13H17N3O3. The Hall–Kier alpha value is -1.69. The Morgan fingerprint density at radius 2 is 2.42 bits per heavy atom. The molecular weight excluding hydrogens is 246 g/mol. The lowest BCUT2D eigenvalue weighted by Gasteiger charge is -2.16. The molecule has 3 rings (SSSR count). The molecule has 1 amide bonds. The standard InChI is InChI=1S/C13H17N3O3/c1-18-7-11-15-12(19-16-11)6-14-13(17)10-5-8-2-3-9(10)4-8/h2-3,8-10H,4-7H2,1H3,(H,14,17)/t8-,9+,10-/m1/s1. The molecule has 0 unspecified atom stereocenters. The van der Waals surface area contributed by atoms with E-state index in [0.29, 0.717) is 30.2 Å². The molecule has 2 aliphatic carbocycles. The van der Waals surface area contributed by atoms with Gasteiger partial charge in [0.05, 0.1) is 6.54 Å². The van der Waals surface area contributed by atoms with E-state index in [4.69, 9.17) is 9.26 Å². The summed E-state index contributed by atoms with van der Waals surface area (Å²) >= 11 is 0. The lowest BCUT2D eigenvalue weighted by molar-refractivity contribution is -0.126. The number of carbonyl (C=O) groups excluding carboxylic acids is 1. The number of hydrogen-bond acceptors (Lipinski definition) is 5. The number of nitrogens with one attached hydrogen (secondary N) is 1. The zero-order valence-electron chi connectivity index (χ0n) is 10.8. The third-order valence-corrected chi connectivity index (χ3v) is 3.81. The van der Waals surface area contributed by atoms with Crippen molar-refractivity contribution in [2.45, 2.75) is 26.0 Å². The van der Waals surface area contributed by atoms with Crippen molar-refractivity contribution in [2.24, 2.45) is 17.8 Å². The third kappa shape index (κ3) is 2.53. The van der Waals surface area contributed by atoms with Crippen LogP contribution in [-0.2, 0) is 22.7 Å². The molecule has 0 aliphatic heterocycles. The van der Waals surface area contributed by atoms with E-state index in [-0.39, 0.29) is 18.4 Å². The van der Waals surface area contributed by atoms with E-state index in [2.05, 4.69) is 27.6 Å². The van der Waals surface area contributed by atoms with Crippen molar-refractivity contribution in [1.29, 1.82) is 0 Å². The molecule has 1 fully saturated rings. The van der Waals surface area contributed by atoms with Gasteiger partial charge >= 0.3 is 0 Å². The average Bonchev–Trinajstić information content (AvgIpc) is 3.12. The maximum Gasteiger partial charge on any atom is 0.246 e. The first-order valence-corrected chi connectivity index (χ1v) is 6.52. The SMILES string of the molecule is COCc1noc(CNC(=O)[C@@H]2C[C@@H]3C=C[C@H]2C3)n1. The second-order valence-electron chi connectivity index (χ2n) is 5.14. The van der Waals surface area contributed by atoms with Gasteiger partial charge in [0.2, 0.25) is 11.8 Å². The summed E-state index contributed by atoms with van der Waals surface area (Å²) in [5.41, 5.74) is 0. The largest absolute Gasteiger partial charge is 0.377 e. The molecule has 2 aliphatic rings. The molecule has 6 heteroatoms. The highest BCUT2D eigenvalue weighted by atomic mass is 16.5. The Kier molecular flexibility index (Phi) is 3.33. The highest BCUT2D eigenvalue weighted by Gasteiger charge is 2.39. The number of carbonyl (C=O) groups is 1. The van der Waals surface area contributed by atoms with Crippen molar-refractivity contribution < 1.29 is 14.1 Å². The van der Waals surface area contributed by atoms with E-state index in [1.165, 1.54) is 0 Å². The first-order valence-electron chi connectivity index (χ1n) is 6.52. The molecule has 2 bridgehead atoms. The minimum absolute atomic E-state index is 0.0864. The molecule has 1 N–H and O–H groups in total. The minimum atomic E-state index is 0.0864. The van der Waals surface area contributed by atoms with E-state index in [0.717, 1.165) is 12.8 Å². The lowest BCUT2D eigenvalue weighted by Crippen LogP contribution is -2.32. The fourth-order valence-electron chi connectivity index (χ4n) is 2.93. The zero-order valence-corrected chi connectivity index (χ0v) is 10.8. The quantitative estimate of drug-likeness (QED) is 0.803. The molecule has 0 saturated heterocycles. The van der Waals surface area contributed by atoms with Crippen LogP contribution in [0, 0.1) is 17.8 Å². The van der Waals surface area contributed by atoms with E-state index in [1.54, 1.807) is 7.11 Å². The third-order valence-electron chi connectivity index (χ3n) is 3.81. The lowest BCUT2D eigenvalue weighted by atomic mass is 9.93. The molecule has 19 heavy (non-hydrogen) atoms. The summed E-state index contributed by atoms with van der Waals surface area (Å²) in [6.45, 7) is 0.599. The molecule has 0 aromatic carbocycles. The molecule has 6 nitrogen and oxygen atoms in total. The Balaban J connectivity index is 1.51. The first-order chi connectivity index (χ1) is 9.26. The van der Waals surface area contributed by atoms with Crippen molar-refractivity contribution in [3.8, 4) is 0 Å². The summed E-state index contributed by atoms with van der Waals surface area (Å²) in [4.78, 5) is 16.2. The molecule has 0 spiro atoms. The van der Waals surface area contributed by atoms with Crippen molar-refractivity contribution >= 4 is 5.91 Å². The van der Waals surface area contributed by atoms with Crippen molar-refractivity contribution in [3.63, 3.8) is 0 Å².